The number of hydrogen-bond donors (Lipinski definition) is 2. The lowest BCUT2D eigenvalue weighted by Crippen LogP contribution is -2.23. The Labute approximate surface area is 159 Å². The van der Waals surface area contributed by atoms with E-state index in [0.29, 0.717) is 15.7 Å². The van der Waals surface area contributed by atoms with E-state index in [-0.39, 0.29) is 16.4 Å². The molecule has 2 N–H and O–H groups in total. The first-order valence-corrected chi connectivity index (χ1v) is 10.1. The molecule has 3 aromatic rings. The number of para-hydroxylation sites is 1. The molecule has 0 saturated heterocycles. The molecule has 1 aromatic heterocycles. The highest BCUT2D eigenvalue weighted by Gasteiger charge is 2.17. The number of rotatable bonds is 6. The van der Waals surface area contributed by atoms with Crippen LogP contribution in [0, 0.1) is 0 Å². The van der Waals surface area contributed by atoms with Gasteiger partial charge in [-0.15, -0.1) is 10.2 Å². The molecule has 10 heteroatoms. The lowest BCUT2D eigenvalue weighted by Gasteiger charge is -2.04. The van der Waals surface area contributed by atoms with E-state index in [1.807, 2.05) is 6.07 Å². The number of halogens is 1. The third-order valence-corrected chi connectivity index (χ3v) is 5.82. The van der Waals surface area contributed by atoms with Gasteiger partial charge in [-0.3, -0.25) is 4.79 Å². The van der Waals surface area contributed by atoms with Gasteiger partial charge < -0.3 is 5.32 Å². The summed E-state index contributed by atoms with van der Waals surface area (Å²) >= 11 is 6.77. The van der Waals surface area contributed by atoms with E-state index in [4.69, 9.17) is 11.6 Å². The summed E-state index contributed by atoms with van der Waals surface area (Å²) in [5.41, 5.74) is 0.637. The van der Waals surface area contributed by atoms with Crippen molar-refractivity contribution in [2.24, 2.45) is 0 Å². The fourth-order valence-electron chi connectivity index (χ4n) is 1.98. The summed E-state index contributed by atoms with van der Waals surface area (Å²) in [6.07, 6.45) is 0. The zero-order chi connectivity index (χ0) is 18.6. The lowest BCUT2D eigenvalue weighted by atomic mass is 10.3. The van der Waals surface area contributed by atoms with E-state index in [0.717, 1.165) is 11.3 Å². The summed E-state index contributed by atoms with van der Waals surface area (Å²) in [5, 5.41) is 11.3. The fraction of sp³-hybridized carbons (Fsp3) is 0.0625. The summed E-state index contributed by atoms with van der Waals surface area (Å²) in [7, 11) is -3.71. The molecule has 0 aliphatic rings. The standard InChI is InChI=1S/C16H13ClN4O3S2/c17-11-6-8-13(9-7-11)26(23,24)18-10-14-20-21-16(25-14)15(22)19-12-4-2-1-3-5-12/h1-9,18H,10H2,(H,19,22). The summed E-state index contributed by atoms with van der Waals surface area (Å²) in [4.78, 5) is 12.2. The molecule has 0 fully saturated rings. The molecular formula is C16H13ClN4O3S2. The quantitative estimate of drug-likeness (QED) is 0.653. The molecule has 1 heterocycles. The Morgan fingerprint density at radius 2 is 1.73 bits per heavy atom. The molecular weight excluding hydrogens is 396 g/mol. The summed E-state index contributed by atoms with van der Waals surface area (Å²) < 4.78 is 26.9. The maximum atomic E-state index is 12.2. The zero-order valence-corrected chi connectivity index (χ0v) is 15.6. The molecule has 2 aromatic carbocycles. The van der Waals surface area contributed by atoms with Crippen molar-refractivity contribution < 1.29 is 13.2 Å². The van der Waals surface area contributed by atoms with Crippen molar-refractivity contribution in [1.29, 1.82) is 0 Å². The number of nitrogens with zero attached hydrogens (tertiary/aromatic N) is 2. The Kier molecular flexibility index (Phi) is 5.62. The van der Waals surface area contributed by atoms with Crippen LogP contribution in [0.5, 0.6) is 0 Å². The molecule has 7 nitrogen and oxygen atoms in total. The third-order valence-electron chi connectivity index (χ3n) is 3.23. The van der Waals surface area contributed by atoms with Crippen LogP contribution in [0.1, 0.15) is 14.8 Å². The number of amides is 1. The fourth-order valence-corrected chi connectivity index (χ4v) is 3.86. The molecule has 0 radical (unpaired) electrons. The zero-order valence-electron chi connectivity index (χ0n) is 13.2. The molecule has 0 atom stereocenters. The van der Waals surface area contributed by atoms with Crippen LogP contribution >= 0.6 is 22.9 Å². The second-order valence-corrected chi connectivity index (χ2v) is 8.37. The van der Waals surface area contributed by atoms with Crippen molar-refractivity contribution in [3.05, 3.63) is 69.6 Å². The van der Waals surface area contributed by atoms with Gasteiger partial charge >= 0.3 is 0 Å². The van der Waals surface area contributed by atoms with Crippen molar-refractivity contribution in [2.75, 3.05) is 5.32 Å². The molecule has 3 rings (SSSR count). The van der Waals surface area contributed by atoms with Gasteiger partial charge in [0.2, 0.25) is 15.0 Å². The summed E-state index contributed by atoms with van der Waals surface area (Å²) in [6.45, 7) is -0.0682. The molecule has 0 aliphatic heterocycles. The van der Waals surface area contributed by atoms with Gasteiger partial charge in [0.05, 0.1) is 11.4 Å². The van der Waals surface area contributed by atoms with Gasteiger partial charge in [0, 0.05) is 10.7 Å². The number of hydrogen-bond acceptors (Lipinski definition) is 6. The predicted octanol–water partition coefficient (Wildman–Crippen LogP) is 2.92. The van der Waals surface area contributed by atoms with Crippen LogP contribution in [-0.4, -0.2) is 24.5 Å². The molecule has 1 amide bonds. The van der Waals surface area contributed by atoms with Crippen LogP contribution in [0.2, 0.25) is 5.02 Å². The minimum absolute atomic E-state index is 0.0682. The van der Waals surface area contributed by atoms with E-state index < -0.39 is 15.9 Å². The minimum Gasteiger partial charge on any atom is -0.320 e. The van der Waals surface area contributed by atoms with E-state index in [9.17, 15) is 13.2 Å². The Morgan fingerprint density at radius 1 is 1.04 bits per heavy atom. The highest BCUT2D eigenvalue weighted by atomic mass is 35.5. The van der Waals surface area contributed by atoms with Gasteiger partial charge in [0.1, 0.15) is 5.01 Å². The lowest BCUT2D eigenvalue weighted by molar-refractivity contribution is 0.102. The largest absolute Gasteiger partial charge is 0.320 e. The highest BCUT2D eigenvalue weighted by molar-refractivity contribution is 7.89. The Hall–Kier alpha value is -2.33. The third kappa shape index (κ3) is 4.64. The van der Waals surface area contributed by atoms with Crippen LogP contribution in [0.4, 0.5) is 5.69 Å². The van der Waals surface area contributed by atoms with Gasteiger partial charge in [-0.1, -0.05) is 41.1 Å². The van der Waals surface area contributed by atoms with Gasteiger partial charge in [0.15, 0.2) is 0 Å². The molecule has 0 spiro atoms. The van der Waals surface area contributed by atoms with E-state index >= 15 is 0 Å². The van der Waals surface area contributed by atoms with E-state index in [1.54, 1.807) is 24.3 Å². The second kappa shape index (κ2) is 7.92. The minimum atomic E-state index is -3.71. The van der Waals surface area contributed by atoms with E-state index in [2.05, 4.69) is 20.2 Å². The van der Waals surface area contributed by atoms with Crippen molar-refractivity contribution in [1.82, 2.24) is 14.9 Å². The van der Waals surface area contributed by atoms with Gasteiger partial charge in [-0.05, 0) is 36.4 Å². The van der Waals surface area contributed by atoms with Gasteiger partial charge in [-0.2, -0.15) is 0 Å². The van der Waals surface area contributed by atoms with Crippen molar-refractivity contribution in [3.63, 3.8) is 0 Å². The molecule has 134 valence electrons. The first-order valence-electron chi connectivity index (χ1n) is 7.38. The first-order chi connectivity index (χ1) is 12.4. The van der Waals surface area contributed by atoms with E-state index in [1.165, 1.54) is 24.3 Å². The van der Waals surface area contributed by atoms with Crippen LogP contribution in [0.25, 0.3) is 0 Å². The number of carbonyl (C=O) groups is 1. The van der Waals surface area contributed by atoms with Crippen molar-refractivity contribution >= 4 is 44.6 Å². The summed E-state index contributed by atoms with van der Waals surface area (Å²) in [5.74, 6) is -0.402. The number of benzene rings is 2. The van der Waals surface area contributed by atoms with Crippen molar-refractivity contribution in [2.45, 2.75) is 11.4 Å². The van der Waals surface area contributed by atoms with Crippen molar-refractivity contribution in [3.8, 4) is 0 Å². The van der Waals surface area contributed by atoms with Gasteiger partial charge in [-0.25, -0.2) is 13.1 Å². The van der Waals surface area contributed by atoms with Gasteiger partial charge in [0.25, 0.3) is 5.91 Å². The molecule has 0 aliphatic carbocycles. The maximum Gasteiger partial charge on any atom is 0.286 e. The number of nitrogens with one attached hydrogen (secondary N) is 2. The number of carbonyl (C=O) groups excluding carboxylic acids is 1. The second-order valence-electron chi connectivity index (χ2n) is 5.10. The molecule has 0 bridgehead atoms. The number of aromatic nitrogens is 2. The molecule has 0 saturated carbocycles. The van der Waals surface area contributed by atoms with Crippen LogP contribution in [0.3, 0.4) is 0 Å². The molecule has 26 heavy (non-hydrogen) atoms. The monoisotopic (exact) mass is 408 g/mol. The molecule has 0 unspecified atom stereocenters. The Morgan fingerprint density at radius 3 is 2.42 bits per heavy atom. The smallest absolute Gasteiger partial charge is 0.286 e. The SMILES string of the molecule is O=C(Nc1ccccc1)c1nnc(CNS(=O)(=O)c2ccc(Cl)cc2)s1. The topological polar surface area (TPSA) is 101 Å². The Bertz CT molecular complexity index is 1010. The van der Waals surface area contributed by atoms with Crippen LogP contribution in [-0.2, 0) is 16.6 Å². The summed E-state index contributed by atoms with van der Waals surface area (Å²) in [6, 6.07) is 14.7. The van der Waals surface area contributed by atoms with Crippen LogP contribution in [0.15, 0.2) is 59.5 Å². The average molecular weight is 409 g/mol. The predicted molar refractivity (Wildman–Crippen MR) is 99.8 cm³/mol. The highest BCUT2D eigenvalue weighted by Crippen LogP contribution is 2.16. The van der Waals surface area contributed by atoms with Crippen LogP contribution < -0.4 is 10.0 Å². The normalized spacial score (nSPS) is 11.3. The average Bonchev–Trinajstić information content (AvgIpc) is 3.11. The Balaban J connectivity index is 1.63. The number of sulfonamides is 1. The maximum absolute atomic E-state index is 12.2. The first kappa shape index (κ1) is 18.5. The number of anilines is 1.